The maximum atomic E-state index is 6.37. The minimum atomic E-state index is 0.0581. The van der Waals surface area contributed by atoms with Crippen LogP contribution in [0.25, 0.3) is 0 Å². The van der Waals surface area contributed by atoms with Crippen molar-refractivity contribution >= 4 is 11.8 Å². The predicted molar refractivity (Wildman–Crippen MR) is 74.6 cm³/mol. The number of aryl methyl sites for hydroxylation is 1. The highest BCUT2D eigenvalue weighted by molar-refractivity contribution is 8.00. The smallest absolute Gasteiger partial charge is 0.0537 e. The van der Waals surface area contributed by atoms with Crippen LogP contribution < -0.4 is 5.73 Å². The molecule has 4 heteroatoms. The standard InChI is InChI=1S/C14H17N3S/c1-2-17-9-11(8-16-17)14(15)13-7-10-5-3-4-6-12(10)18-13/h3-6,8-9,13-14H,2,7,15H2,1H3. The third-order valence-corrected chi connectivity index (χ3v) is 4.85. The van der Waals surface area contributed by atoms with Crippen LogP contribution in [0.4, 0.5) is 0 Å². The van der Waals surface area contributed by atoms with Gasteiger partial charge in [-0.05, 0) is 25.0 Å². The van der Waals surface area contributed by atoms with E-state index < -0.39 is 0 Å². The van der Waals surface area contributed by atoms with Crippen molar-refractivity contribution in [2.45, 2.75) is 36.1 Å². The highest BCUT2D eigenvalue weighted by Crippen LogP contribution is 2.41. The number of aromatic nitrogens is 2. The summed E-state index contributed by atoms with van der Waals surface area (Å²) in [4.78, 5) is 1.38. The van der Waals surface area contributed by atoms with E-state index in [0.29, 0.717) is 5.25 Å². The summed E-state index contributed by atoms with van der Waals surface area (Å²) >= 11 is 1.89. The van der Waals surface area contributed by atoms with E-state index in [-0.39, 0.29) is 6.04 Å². The van der Waals surface area contributed by atoms with Gasteiger partial charge in [0.15, 0.2) is 0 Å². The number of hydrogen-bond acceptors (Lipinski definition) is 3. The van der Waals surface area contributed by atoms with E-state index in [0.717, 1.165) is 18.5 Å². The molecule has 1 aliphatic rings. The summed E-state index contributed by atoms with van der Waals surface area (Å²) < 4.78 is 1.93. The monoisotopic (exact) mass is 259 g/mol. The first-order chi connectivity index (χ1) is 8.78. The molecule has 1 aromatic heterocycles. The van der Waals surface area contributed by atoms with E-state index in [4.69, 9.17) is 5.73 Å². The molecule has 1 aromatic carbocycles. The van der Waals surface area contributed by atoms with Crippen molar-refractivity contribution in [1.29, 1.82) is 0 Å². The van der Waals surface area contributed by atoms with Gasteiger partial charge in [-0.1, -0.05) is 18.2 Å². The highest BCUT2D eigenvalue weighted by atomic mass is 32.2. The van der Waals surface area contributed by atoms with E-state index in [9.17, 15) is 0 Å². The van der Waals surface area contributed by atoms with Gasteiger partial charge in [0.2, 0.25) is 0 Å². The largest absolute Gasteiger partial charge is 0.323 e. The highest BCUT2D eigenvalue weighted by Gasteiger charge is 2.28. The number of nitrogens with two attached hydrogens (primary N) is 1. The Hall–Kier alpha value is -1.26. The summed E-state index contributed by atoms with van der Waals surface area (Å²) in [6, 6.07) is 8.63. The average Bonchev–Trinajstić information content (AvgIpc) is 3.04. The molecule has 0 saturated carbocycles. The van der Waals surface area contributed by atoms with E-state index in [1.807, 2.05) is 22.6 Å². The van der Waals surface area contributed by atoms with E-state index >= 15 is 0 Å². The van der Waals surface area contributed by atoms with E-state index in [2.05, 4.69) is 42.5 Å². The van der Waals surface area contributed by atoms with Gasteiger partial charge in [-0.2, -0.15) is 5.10 Å². The molecule has 0 saturated heterocycles. The van der Waals surface area contributed by atoms with Crippen molar-refractivity contribution in [1.82, 2.24) is 9.78 Å². The van der Waals surface area contributed by atoms with Crippen LogP contribution in [0.3, 0.4) is 0 Å². The molecule has 0 radical (unpaired) electrons. The molecule has 2 atom stereocenters. The summed E-state index contributed by atoms with van der Waals surface area (Å²) in [5, 5.41) is 4.73. The second kappa shape index (κ2) is 4.78. The van der Waals surface area contributed by atoms with Gasteiger partial charge in [-0.25, -0.2) is 0 Å². The Morgan fingerprint density at radius 3 is 3.06 bits per heavy atom. The molecule has 3 rings (SSSR count). The summed E-state index contributed by atoms with van der Waals surface area (Å²) in [6.45, 7) is 2.98. The van der Waals surface area contributed by atoms with Crippen LogP contribution in [0, 0.1) is 0 Å². The van der Waals surface area contributed by atoms with Gasteiger partial charge in [0.1, 0.15) is 0 Å². The van der Waals surface area contributed by atoms with Gasteiger partial charge >= 0.3 is 0 Å². The number of thioether (sulfide) groups is 1. The zero-order valence-corrected chi connectivity index (χ0v) is 11.2. The zero-order chi connectivity index (χ0) is 12.5. The number of nitrogens with zero attached hydrogens (tertiary/aromatic N) is 2. The maximum absolute atomic E-state index is 6.37. The van der Waals surface area contributed by atoms with Crippen LogP contribution in [-0.4, -0.2) is 15.0 Å². The molecule has 0 fully saturated rings. The summed E-state index contributed by atoms with van der Waals surface area (Å²) in [5.74, 6) is 0. The lowest BCUT2D eigenvalue weighted by Crippen LogP contribution is -2.22. The van der Waals surface area contributed by atoms with Crippen molar-refractivity contribution in [3.05, 3.63) is 47.8 Å². The SMILES string of the molecule is CCn1cc(C(N)C2Cc3ccccc3S2)cn1. The lowest BCUT2D eigenvalue weighted by Gasteiger charge is -2.16. The van der Waals surface area contributed by atoms with Crippen LogP contribution in [0.1, 0.15) is 24.1 Å². The van der Waals surface area contributed by atoms with Gasteiger partial charge in [-0.3, -0.25) is 4.68 Å². The molecule has 1 aliphatic heterocycles. The topological polar surface area (TPSA) is 43.8 Å². The van der Waals surface area contributed by atoms with E-state index in [1.165, 1.54) is 10.5 Å². The van der Waals surface area contributed by atoms with Crippen LogP contribution in [-0.2, 0) is 13.0 Å². The molecule has 2 N–H and O–H groups in total. The van der Waals surface area contributed by atoms with Gasteiger partial charge in [0.25, 0.3) is 0 Å². The fourth-order valence-corrected chi connectivity index (χ4v) is 3.70. The Labute approximate surface area is 111 Å². The fourth-order valence-electron chi connectivity index (χ4n) is 2.35. The first kappa shape index (κ1) is 11.8. The summed E-state index contributed by atoms with van der Waals surface area (Å²) in [6.07, 6.45) is 5.02. The van der Waals surface area contributed by atoms with Gasteiger partial charge < -0.3 is 5.73 Å². The quantitative estimate of drug-likeness (QED) is 0.921. The maximum Gasteiger partial charge on any atom is 0.0537 e. The van der Waals surface area contributed by atoms with Crippen molar-refractivity contribution in [3.8, 4) is 0 Å². The Bertz CT molecular complexity index is 524. The lowest BCUT2D eigenvalue weighted by molar-refractivity contribution is 0.651. The molecule has 2 unspecified atom stereocenters. The Morgan fingerprint density at radius 2 is 2.33 bits per heavy atom. The van der Waals surface area contributed by atoms with Crippen LogP contribution >= 0.6 is 11.8 Å². The molecule has 94 valence electrons. The average molecular weight is 259 g/mol. The molecule has 0 aliphatic carbocycles. The second-order valence-corrected chi connectivity index (χ2v) is 5.90. The Morgan fingerprint density at radius 1 is 1.50 bits per heavy atom. The first-order valence-electron chi connectivity index (χ1n) is 6.30. The molecule has 0 bridgehead atoms. The molecule has 3 nitrogen and oxygen atoms in total. The summed E-state index contributed by atoms with van der Waals surface area (Å²) in [5.41, 5.74) is 8.94. The number of fused-ring (bicyclic) bond motifs is 1. The van der Waals surface area contributed by atoms with Crippen molar-refractivity contribution in [2.75, 3.05) is 0 Å². The molecule has 2 heterocycles. The van der Waals surface area contributed by atoms with Crippen molar-refractivity contribution < 1.29 is 0 Å². The zero-order valence-electron chi connectivity index (χ0n) is 10.4. The van der Waals surface area contributed by atoms with Crippen LogP contribution in [0.5, 0.6) is 0 Å². The molecule has 0 amide bonds. The molecule has 0 spiro atoms. The first-order valence-corrected chi connectivity index (χ1v) is 7.18. The summed E-state index contributed by atoms with van der Waals surface area (Å²) in [7, 11) is 0. The molecule has 2 aromatic rings. The Kier molecular flexibility index (Phi) is 3.14. The van der Waals surface area contributed by atoms with E-state index in [1.54, 1.807) is 0 Å². The Balaban J connectivity index is 1.77. The number of rotatable bonds is 3. The van der Waals surface area contributed by atoms with Crippen LogP contribution in [0.2, 0.25) is 0 Å². The van der Waals surface area contributed by atoms with Crippen molar-refractivity contribution in [3.63, 3.8) is 0 Å². The third kappa shape index (κ3) is 2.06. The van der Waals surface area contributed by atoms with Gasteiger partial charge in [0, 0.05) is 34.5 Å². The lowest BCUT2D eigenvalue weighted by atomic mass is 10.0. The molecular weight excluding hydrogens is 242 g/mol. The minimum absolute atomic E-state index is 0.0581. The van der Waals surface area contributed by atoms with Gasteiger partial charge in [0.05, 0.1) is 6.20 Å². The van der Waals surface area contributed by atoms with Crippen LogP contribution in [0.15, 0.2) is 41.6 Å². The number of benzene rings is 1. The predicted octanol–water partition coefficient (Wildman–Crippen LogP) is 2.62. The molecular formula is C14H17N3S. The minimum Gasteiger partial charge on any atom is -0.323 e. The normalized spacial score (nSPS) is 19.8. The third-order valence-electron chi connectivity index (χ3n) is 3.43. The second-order valence-electron chi connectivity index (χ2n) is 4.62. The molecule has 18 heavy (non-hydrogen) atoms. The van der Waals surface area contributed by atoms with Gasteiger partial charge in [-0.15, -0.1) is 11.8 Å². The van der Waals surface area contributed by atoms with Crippen molar-refractivity contribution in [2.24, 2.45) is 5.73 Å². The fraction of sp³-hybridized carbons (Fsp3) is 0.357. The number of hydrogen-bond donors (Lipinski definition) is 1.